The highest BCUT2D eigenvalue weighted by atomic mass is 16.6. The van der Waals surface area contributed by atoms with Gasteiger partial charge in [-0.2, -0.15) is 0 Å². The molecule has 3 atom stereocenters. The monoisotopic (exact) mass is 444 g/mol. The van der Waals surface area contributed by atoms with E-state index >= 15 is 0 Å². The molecule has 0 heterocycles. The maximum absolute atomic E-state index is 12.7. The van der Waals surface area contributed by atoms with Crippen LogP contribution in [0.3, 0.4) is 0 Å². The van der Waals surface area contributed by atoms with Gasteiger partial charge in [0.2, 0.25) is 0 Å². The smallest absolute Gasteiger partial charge is 0.338 e. The van der Waals surface area contributed by atoms with Gasteiger partial charge in [-0.1, -0.05) is 66.7 Å². The first-order chi connectivity index (χ1) is 16.1. The zero-order chi connectivity index (χ0) is 23.0. The Hall–Kier alpha value is -3.74. The van der Waals surface area contributed by atoms with E-state index in [0.717, 1.165) is 5.56 Å². The molecule has 0 bridgehead atoms. The molecule has 4 rings (SSSR count). The average molecular weight is 444 g/mol. The van der Waals surface area contributed by atoms with Gasteiger partial charge in [-0.25, -0.2) is 9.59 Å². The van der Waals surface area contributed by atoms with Crippen molar-refractivity contribution in [1.82, 2.24) is 0 Å². The number of carbonyl (C=O) groups is 2. The summed E-state index contributed by atoms with van der Waals surface area (Å²) in [6.07, 6.45) is -1.67. The van der Waals surface area contributed by atoms with Crippen LogP contribution in [-0.2, 0) is 20.8 Å². The van der Waals surface area contributed by atoms with Gasteiger partial charge in [-0.05, 0) is 41.5 Å². The second kappa shape index (κ2) is 10.7. The molecule has 6 nitrogen and oxygen atoms in total. The number of aliphatic hydroxyl groups is 1. The molecule has 0 aromatic heterocycles. The fourth-order valence-corrected chi connectivity index (χ4v) is 3.59. The fraction of sp³-hybridized carbons (Fsp3) is 0.185. The zero-order valence-electron chi connectivity index (χ0n) is 17.9. The van der Waals surface area contributed by atoms with Gasteiger partial charge in [-0.15, -0.1) is 0 Å². The van der Waals surface area contributed by atoms with Crippen molar-refractivity contribution in [2.75, 3.05) is 6.61 Å². The van der Waals surface area contributed by atoms with E-state index in [9.17, 15) is 14.7 Å². The normalized spacial score (nSPS) is 19.5. The molecular formula is C27H24O6. The lowest BCUT2D eigenvalue weighted by Gasteiger charge is -2.25. The van der Waals surface area contributed by atoms with E-state index in [4.69, 9.17) is 14.2 Å². The van der Waals surface area contributed by atoms with Gasteiger partial charge in [0.1, 0.15) is 6.10 Å². The first-order valence-electron chi connectivity index (χ1n) is 10.6. The molecule has 0 saturated carbocycles. The minimum Gasteiger partial charge on any atom is -0.451 e. The van der Waals surface area contributed by atoms with E-state index < -0.39 is 30.3 Å². The van der Waals surface area contributed by atoms with Crippen molar-refractivity contribution in [2.24, 2.45) is 0 Å². The summed E-state index contributed by atoms with van der Waals surface area (Å²) in [5.41, 5.74) is 2.22. The van der Waals surface area contributed by atoms with E-state index in [1.165, 1.54) is 6.08 Å². The lowest BCUT2D eigenvalue weighted by molar-refractivity contribution is -0.0513. The molecule has 0 amide bonds. The van der Waals surface area contributed by atoms with Crippen LogP contribution < -0.4 is 0 Å². The molecule has 0 spiro atoms. The minimum absolute atomic E-state index is 0.109. The van der Waals surface area contributed by atoms with E-state index in [1.807, 2.05) is 30.3 Å². The number of esters is 2. The molecule has 1 N–H and O–H groups in total. The molecule has 1 aliphatic carbocycles. The molecular weight excluding hydrogens is 420 g/mol. The Morgan fingerprint density at radius 2 is 1.21 bits per heavy atom. The van der Waals surface area contributed by atoms with Gasteiger partial charge in [-0.3, -0.25) is 0 Å². The average Bonchev–Trinajstić information content (AvgIpc) is 3.14. The van der Waals surface area contributed by atoms with Gasteiger partial charge >= 0.3 is 11.9 Å². The second-order valence-electron chi connectivity index (χ2n) is 7.64. The fourth-order valence-electron chi connectivity index (χ4n) is 3.59. The van der Waals surface area contributed by atoms with Crippen LogP contribution in [0.4, 0.5) is 0 Å². The Morgan fingerprint density at radius 1 is 0.697 bits per heavy atom. The van der Waals surface area contributed by atoms with Crippen LogP contribution in [0.5, 0.6) is 0 Å². The molecule has 6 heteroatoms. The molecule has 1 unspecified atom stereocenters. The molecule has 0 aliphatic heterocycles. The van der Waals surface area contributed by atoms with Crippen molar-refractivity contribution in [3.8, 4) is 0 Å². The summed E-state index contributed by atoms with van der Waals surface area (Å²) >= 11 is 0. The highest BCUT2D eigenvalue weighted by Gasteiger charge is 2.42. The van der Waals surface area contributed by atoms with Crippen LogP contribution in [0.2, 0.25) is 0 Å². The molecule has 1 aliphatic rings. The number of ether oxygens (including phenoxy) is 3. The van der Waals surface area contributed by atoms with E-state index in [1.54, 1.807) is 60.7 Å². The van der Waals surface area contributed by atoms with Crippen LogP contribution in [0, 0.1) is 0 Å². The topological polar surface area (TPSA) is 82.1 Å². The summed E-state index contributed by atoms with van der Waals surface area (Å²) in [5, 5.41) is 10.6. The number of hydrogen-bond donors (Lipinski definition) is 1. The van der Waals surface area contributed by atoms with E-state index in [0.29, 0.717) is 23.3 Å². The lowest BCUT2D eigenvalue weighted by Crippen LogP contribution is -2.39. The summed E-state index contributed by atoms with van der Waals surface area (Å²) in [6, 6.07) is 26.6. The van der Waals surface area contributed by atoms with Crippen LogP contribution in [-0.4, -0.2) is 42.0 Å². The summed E-state index contributed by atoms with van der Waals surface area (Å²) in [6.45, 7) is 0.459. The highest BCUT2D eigenvalue weighted by molar-refractivity contribution is 5.90. The quantitative estimate of drug-likeness (QED) is 0.418. The molecule has 3 aromatic rings. The molecule has 33 heavy (non-hydrogen) atoms. The maximum atomic E-state index is 12.7. The van der Waals surface area contributed by atoms with Gasteiger partial charge in [0, 0.05) is 0 Å². The molecule has 0 radical (unpaired) electrons. The lowest BCUT2D eigenvalue weighted by atomic mass is 10.1. The van der Waals surface area contributed by atoms with E-state index in [-0.39, 0.29) is 6.61 Å². The van der Waals surface area contributed by atoms with Crippen LogP contribution in [0.15, 0.2) is 103 Å². The van der Waals surface area contributed by atoms with Gasteiger partial charge in [0.15, 0.2) is 12.2 Å². The summed E-state index contributed by atoms with van der Waals surface area (Å²) in [7, 11) is 0. The summed E-state index contributed by atoms with van der Waals surface area (Å²) in [5.74, 6) is -1.19. The number of hydrogen-bond acceptors (Lipinski definition) is 6. The number of carbonyl (C=O) groups excluding carboxylic acids is 2. The first-order valence-corrected chi connectivity index (χ1v) is 10.6. The SMILES string of the molecule is O=C(OC1C(COCc2ccccc2)=C[C@H](O)[C@H]1OC(=O)c1ccccc1)c1ccccc1. The third-order valence-electron chi connectivity index (χ3n) is 5.26. The molecule has 168 valence electrons. The zero-order valence-corrected chi connectivity index (χ0v) is 17.9. The Labute approximate surface area is 192 Å². The number of benzene rings is 3. The summed E-state index contributed by atoms with van der Waals surface area (Å²) in [4.78, 5) is 25.4. The Bertz CT molecular complexity index is 1100. The van der Waals surface area contributed by atoms with Crippen molar-refractivity contribution in [2.45, 2.75) is 24.9 Å². The first kappa shape index (κ1) is 22.5. The van der Waals surface area contributed by atoms with Gasteiger partial charge in [0.25, 0.3) is 0 Å². The standard InChI is InChI=1S/C27H24O6/c28-23-16-22(18-31-17-19-10-4-1-5-11-19)24(32-26(29)20-12-6-2-7-13-20)25(23)33-27(30)21-14-8-3-9-15-21/h1-16,23-25,28H,17-18H2/t23-,24?,25+/m0/s1. The highest BCUT2D eigenvalue weighted by Crippen LogP contribution is 2.28. The van der Waals surface area contributed by atoms with Crippen molar-refractivity contribution in [1.29, 1.82) is 0 Å². The van der Waals surface area contributed by atoms with Crippen LogP contribution >= 0.6 is 0 Å². The van der Waals surface area contributed by atoms with Crippen molar-refractivity contribution in [3.63, 3.8) is 0 Å². The van der Waals surface area contributed by atoms with Crippen molar-refractivity contribution < 1.29 is 28.9 Å². The van der Waals surface area contributed by atoms with Gasteiger partial charge in [0.05, 0.1) is 24.3 Å². The predicted octanol–water partition coefficient (Wildman–Crippen LogP) is 3.96. The summed E-state index contributed by atoms with van der Waals surface area (Å²) < 4.78 is 17.1. The van der Waals surface area contributed by atoms with Crippen LogP contribution in [0.25, 0.3) is 0 Å². The molecule has 0 saturated heterocycles. The Kier molecular flexibility index (Phi) is 7.29. The maximum Gasteiger partial charge on any atom is 0.338 e. The van der Waals surface area contributed by atoms with Crippen molar-refractivity contribution >= 4 is 11.9 Å². The Morgan fingerprint density at radius 3 is 1.79 bits per heavy atom. The Balaban J connectivity index is 1.49. The second-order valence-corrected chi connectivity index (χ2v) is 7.64. The van der Waals surface area contributed by atoms with E-state index in [2.05, 4.69) is 0 Å². The molecule has 3 aromatic carbocycles. The molecule has 0 fully saturated rings. The number of rotatable bonds is 8. The predicted molar refractivity (Wildman–Crippen MR) is 121 cm³/mol. The minimum atomic E-state index is -1.14. The third-order valence-corrected chi connectivity index (χ3v) is 5.26. The number of aliphatic hydroxyl groups excluding tert-OH is 1. The van der Waals surface area contributed by atoms with Crippen molar-refractivity contribution in [3.05, 3.63) is 119 Å². The third kappa shape index (κ3) is 5.74. The van der Waals surface area contributed by atoms with Gasteiger partial charge < -0.3 is 19.3 Å². The van der Waals surface area contributed by atoms with Crippen LogP contribution in [0.1, 0.15) is 26.3 Å². The largest absolute Gasteiger partial charge is 0.451 e.